The SMILES string of the molecule is CC(C)(O)C1CCCN1C(=O)c1csc(Cc2ccccc2)n1. The summed E-state index contributed by atoms with van der Waals surface area (Å²) in [6, 6.07) is 10.0. The predicted molar refractivity (Wildman–Crippen MR) is 91.7 cm³/mol. The fourth-order valence-corrected chi connectivity index (χ4v) is 3.95. The molecule has 5 heteroatoms. The van der Waals surface area contributed by atoms with Crippen molar-refractivity contribution in [2.24, 2.45) is 0 Å². The number of likely N-dealkylation sites (tertiary alicyclic amines) is 1. The largest absolute Gasteiger partial charge is 0.388 e. The number of amides is 1. The number of hydrogen-bond acceptors (Lipinski definition) is 4. The monoisotopic (exact) mass is 330 g/mol. The van der Waals surface area contributed by atoms with Crippen LogP contribution in [-0.2, 0) is 6.42 Å². The van der Waals surface area contributed by atoms with Gasteiger partial charge in [-0.2, -0.15) is 0 Å². The van der Waals surface area contributed by atoms with E-state index in [9.17, 15) is 9.90 Å². The first-order valence-corrected chi connectivity index (χ1v) is 8.85. The summed E-state index contributed by atoms with van der Waals surface area (Å²) in [6.07, 6.45) is 2.52. The van der Waals surface area contributed by atoms with E-state index in [-0.39, 0.29) is 11.9 Å². The van der Waals surface area contributed by atoms with Gasteiger partial charge in [0.25, 0.3) is 5.91 Å². The van der Waals surface area contributed by atoms with Gasteiger partial charge < -0.3 is 10.0 Å². The van der Waals surface area contributed by atoms with Crippen molar-refractivity contribution in [1.29, 1.82) is 0 Å². The molecule has 1 aliphatic heterocycles. The second kappa shape index (κ2) is 6.42. The van der Waals surface area contributed by atoms with Gasteiger partial charge in [0.05, 0.1) is 16.7 Å². The average Bonchev–Trinajstić information content (AvgIpc) is 3.16. The fraction of sp³-hybridized carbons (Fsp3) is 0.444. The van der Waals surface area contributed by atoms with Crippen molar-refractivity contribution in [3.05, 3.63) is 52.0 Å². The molecule has 1 aliphatic rings. The van der Waals surface area contributed by atoms with Crippen LogP contribution in [0.1, 0.15) is 47.7 Å². The van der Waals surface area contributed by atoms with Gasteiger partial charge in [-0.3, -0.25) is 4.79 Å². The smallest absolute Gasteiger partial charge is 0.273 e. The summed E-state index contributed by atoms with van der Waals surface area (Å²) < 4.78 is 0. The lowest BCUT2D eigenvalue weighted by Gasteiger charge is -2.33. The second-order valence-corrected chi connectivity index (χ2v) is 7.54. The van der Waals surface area contributed by atoms with Crippen LogP contribution in [0.4, 0.5) is 0 Å². The van der Waals surface area contributed by atoms with Crippen LogP contribution in [0, 0.1) is 0 Å². The fourth-order valence-electron chi connectivity index (χ4n) is 3.15. The summed E-state index contributed by atoms with van der Waals surface area (Å²) >= 11 is 1.52. The van der Waals surface area contributed by atoms with Gasteiger partial charge in [0.1, 0.15) is 5.69 Å². The molecule has 0 bridgehead atoms. The first kappa shape index (κ1) is 16.1. The summed E-state index contributed by atoms with van der Waals surface area (Å²) in [7, 11) is 0. The molecule has 1 N–H and O–H groups in total. The van der Waals surface area contributed by atoms with Crippen molar-refractivity contribution in [1.82, 2.24) is 9.88 Å². The Morgan fingerprint density at radius 3 is 2.83 bits per heavy atom. The number of thiazole rings is 1. The number of aromatic nitrogens is 1. The van der Waals surface area contributed by atoms with Crippen LogP contribution in [0.15, 0.2) is 35.7 Å². The summed E-state index contributed by atoms with van der Waals surface area (Å²) in [4.78, 5) is 19.0. The topological polar surface area (TPSA) is 53.4 Å². The van der Waals surface area contributed by atoms with Crippen molar-refractivity contribution >= 4 is 17.2 Å². The summed E-state index contributed by atoms with van der Waals surface area (Å²) in [6.45, 7) is 4.23. The van der Waals surface area contributed by atoms with Gasteiger partial charge in [-0.15, -0.1) is 11.3 Å². The lowest BCUT2D eigenvalue weighted by molar-refractivity contribution is 0.000145. The first-order chi connectivity index (χ1) is 10.9. The molecule has 0 radical (unpaired) electrons. The van der Waals surface area contributed by atoms with E-state index in [2.05, 4.69) is 17.1 Å². The highest BCUT2D eigenvalue weighted by Gasteiger charge is 2.39. The molecule has 1 saturated heterocycles. The lowest BCUT2D eigenvalue weighted by atomic mass is 9.96. The van der Waals surface area contributed by atoms with Crippen molar-refractivity contribution in [2.45, 2.75) is 44.8 Å². The molecule has 1 fully saturated rings. The molecular formula is C18H22N2O2S. The number of benzene rings is 1. The first-order valence-electron chi connectivity index (χ1n) is 7.97. The second-order valence-electron chi connectivity index (χ2n) is 6.60. The zero-order chi connectivity index (χ0) is 16.4. The predicted octanol–water partition coefficient (Wildman–Crippen LogP) is 3.11. The highest BCUT2D eigenvalue weighted by atomic mass is 32.1. The van der Waals surface area contributed by atoms with E-state index in [4.69, 9.17) is 0 Å². The maximum Gasteiger partial charge on any atom is 0.273 e. The molecule has 1 unspecified atom stereocenters. The minimum absolute atomic E-state index is 0.0646. The maximum atomic E-state index is 12.7. The van der Waals surface area contributed by atoms with Gasteiger partial charge >= 0.3 is 0 Å². The van der Waals surface area contributed by atoms with E-state index >= 15 is 0 Å². The molecule has 23 heavy (non-hydrogen) atoms. The van der Waals surface area contributed by atoms with Gasteiger partial charge in [-0.1, -0.05) is 30.3 Å². The quantitative estimate of drug-likeness (QED) is 0.937. The number of aliphatic hydroxyl groups is 1. The van der Waals surface area contributed by atoms with E-state index < -0.39 is 5.60 Å². The van der Waals surface area contributed by atoms with E-state index in [1.807, 2.05) is 23.6 Å². The molecule has 0 aliphatic carbocycles. The summed E-state index contributed by atoms with van der Waals surface area (Å²) in [5.74, 6) is -0.0646. The van der Waals surface area contributed by atoms with Crippen LogP contribution in [0.2, 0.25) is 0 Å². The maximum absolute atomic E-state index is 12.7. The molecular weight excluding hydrogens is 308 g/mol. The zero-order valence-corrected chi connectivity index (χ0v) is 14.3. The third-order valence-electron chi connectivity index (χ3n) is 4.30. The third kappa shape index (κ3) is 3.62. The number of nitrogens with zero attached hydrogens (tertiary/aromatic N) is 2. The summed E-state index contributed by atoms with van der Waals surface area (Å²) in [5.41, 5.74) is 0.808. The molecule has 3 rings (SSSR count). The number of hydrogen-bond donors (Lipinski definition) is 1. The Labute approximate surface area is 140 Å². The molecule has 122 valence electrons. The van der Waals surface area contributed by atoms with Gasteiger partial charge in [0.15, 0.2) is 0 Å². The molecule has 0 spiro atoms. The Morgan fingerprint density at radius 1 is 1.39 bits per heavy atom. The van der Waals surface area contributed by atoms with Gasteiger partial charge in [-0.25, -0.2) is 4.98 Å². The third-order valence-corrected chi connectivity index (χ3v) is 5.15. The average molecular weight is 330 g/mol. The van der Waals surface area contributed by atoms with Crippen LogP contribution in [-0.4, -0.2) is 39.1 Å². The highest BCUT2D eigenvalue weighted by Crippen LogP contribution is 2.28. The van der Waals surface area contributed by atoms with E-state index in [0.717, 1.165) is 24.3 Å². The van der Waals surface area contributed by atoms with Gasteiger partial charge in [0.2, 0.25) is 0 Å². The molecule has 4 nitrogen and oxygen atoms in total. The van der Waals surface area contributed by atoms with Crippen LogP contribution >= 0.6 is 11.3 Å². The van der Waals surface area contributed by atoms with E-state index in [0.29, 0.717) is 12.2 Å². The standard InChI is InChI=1S/C18H22N2O2S/c1-18(2,22)15-9-6-10-20(15)17(21)14-12-23-16(19-14)11-13-7-4-3-5-8-13/h3-5,7-8,12,15,22H,6,9-11H2,1-2H3. The molecule has 1 atom stereocenters. The normalized spacial score (nSPS) is 18.4. The van der Waals surface area contributed by atoms with Crippen LogP contribution < -0.4 is 0 Å². The van der Waals surface area contributed by atoms with Crippen molar-refractivity contribution < 1.29 is 9.90 Å². The Kier molecular flexibility index (Phi) is 4.50. The Bertz CT molecular complexity index is 676. The van der Waals surface area contributed by atoms with E-state index in [1.54, 1.807) is 18.7 Å². The zero-order valence-electron chi connectivity index (χ0n) is 13.5. The molecule has 1 aromatic heterocycles. The molecule has 2 aromatic rings. The molecule has 2 heterocycles. The number of carbonyl (C=O) groups excluding carboxylic acids is 1. The molecule has 1 amide bonds. The van der Waals surface area contributed by atoms with Gasteiger partial charge in [0, 0.05) is 18.3 Å². The molecule has 1 aromatic carbocycles. The summed E-state index contributed by atoms with van der Waals surface area (Å²) in [5, 5.41) is 13.0. The number of rotatable bonds is 4. The van der Waals surface area contributed by atoms with Crippen LogP contribution in [0.25, 0.3) is 0 Å². The van der Waals surface area contributed by atoms with E-state index in [1.165, 1.54) is 16.9 Å². The minimum Gasteiger partial charge on any atom is -0.388 e. The highest BCUT2D eigenvalue weighted by molar-refractivity contribution is 7.09. The Hall–Kier alpha value is -1.72. The van der Waals surface area contributed by atoms with Crippen molar-refractivity contribution in [2.75, 3.05) is 6.54 Å². The van der Waals surface area contributed by atoms with Gasteiger partial charge in [-0.05, 0) is 32.3 Å². The number of carbonyl (C=O) groups is 1. The molecule has 0 saturated carbocycles. The van der Waals surface area contributed by atoms with Crippen molar-refractivity contribution in [3.63, 3.8) is 0 Å². The minimum atomic E-state index is -0.880. The Morgan fingerprint density at radius 2 is 2.13 bits per heavy atom. The van der Waals surface area contributed by atoms with Crippen molar-refractivity contribution in [3.8, 4) is 0 Å². The lowest BCUT2D eigenvalue weighted by Crippen LogP contribution is -2.48. The Balaban J connectivity index is 1.74. The van der Waals surface area contributed by atoms with Crippen LogP contribution in [0.5, 0.6) is 0 Å². The van der Waals surface area contributed by atoms with Crippen LogP contribution in [0.3, 0.4) is 0 Å².